The molecule has 2 amide bonds. The number of nitrogens with one attached hydrogen (secondary N) is 2. The number of urea groups is 1. The second-order valence-electron chi connectivity index (χ2n) is 6.61. The van der Waals surface area contributed by atoms with Crippen molar-refractivity contribution < 1.29 is 14.3 Å². The largest absolute Gasteiger partial charge is 0.467 e. The van der Waals surface area contributed by atoms with Gasteiger partial charge in [0.2, 0.25) is 0 Å². The van der Waals surface area contributed by atoms with E-state index in [2.05, 4.69) is 34.9 Å². The number of aliphatic hydroxyl groups excluding tert-OH is 1. The van der Waals surface area contributed by atoms with Gasteiger partial charge < -0.3 is 20.2 Å². The molecule has 1 atom stereocenters. The lowest BCUT2D eigenvalue weighted by atomic mass is 9.65. The molecule has 3 rings (SSSR count). The van der Waals surface area contributed by atoms with Crippen LogP contribution in [0, 0.1) is 5.41 Å². The molecule has 1 saturated carbocycles. The minimum absolute atomic E-state index is 0.130. The Morgan fingerprint density at radius 3 is 2.58 bits per heavy atom. The lowest BCUT2D eigenvalue weighted by molar-refractivity contribution is 0.128. The molecule has 24 heavy (non-hydrogen) atoms. The number of carbonyl (C=O) groups is 1. The summed E-state index contributed by atoms with van der Waals surface area (Å²) < 4.78 is 5.11. The van der Waals surface area contributed by atoms with Crippen LogP contribution in [0.3, 0.4) is 0 Å². The number of rotatable bonds is 7. The molecule has 5 heteroatoms. The van der Waals surface area contributed by atoms with Crippen LogP contribution in [0.2, 0.25) is 0 Å². The molecule has 3 N–H and O–H groups in total. The van der Waals surface area contributed by atoms with Gasteiger partial charge in [0.15, 0.2) is 0 Å². The molecule has 0 spiro atoms. The van der Waals surface area contributed by atoms with E-state index >= 15 is 0 Å². The van der Waals surface area contributed by atoms with E-state index < -0.39 is 6.10 Å². The summed E-state index contributed by atoms with van der Waals surface area (Å²) in [7, 11) is 0. The smallest absolute Gasteiger partial charge is 0.314 e. The summed E-state index contributed by atoms with van der Waals surface area (Å²) in [4.78, 5) is 12.0. The summed E-state index contributed by atoms with van der Waals surface area (Å²) in [5.41, 5.74) is 1.48. The van der Waals surface area contributed by atoms with Gasteiger partial charge in [-0.3, -0.25) is 0 Å². The van der Waals surface area contributed by atoms with Gasteiger partial charge in [-0.25, -0.2) is 4.79 Å². The molecule has 2 aromatic rings. The highest BCUT2D eigenvalue weighted by Crippen LogP contribution is 2.43. The average molecular weight is 328 g/mol. The minimum Gasteiger partial charge on any atom is -0.467 e. The van der Waals surface area contributed by atoms with Crippen LogP contribution < -0.4 is 10.6 Å². The zero-order chi connectivity index (χ0) is 16.8. The standard InChI is InChI=1S/C19H24N2O3/c22-16(17-8-4-11-24-17)13-20-18(23)21-14-19(9-5-10-19)12-15-6-2-1-3-7-15/h1-4,6-8,11,16,22H,5,9-10,12-14H2,(H2,20,21,23). The average Bonchev–Trinajstić information content (AvgIpc) is 3.10. The Morgan fingerprint density at radius 2 is 1.96 bits per heavy atom. The molecule has 0 aliphatic heterocycles. The van der Waals surface area contributed by atoms with E-state index in [0.717, 1.165) is 19.3 Å². The summed E-state index contributed by atoms with van der Waals surface area (Å²) in [5.74, 6) is 0.454. The van der Waals surface area contributed by atoms with Gasteiger partial charge in [0.1, 0.15) is 11.9 Å². The van der Waals surface area contributed by atoms with E-state index in [1.165, 1.54) is 18.2 Å². The van der Waals surface area contributed by atoms with Crippen LogP contribution in [-0.4, -0.2) is 24.2 Å². The second-order valence-corrected chi connectivity index (χ2v) is 6.61. The van der Waals surface area contributed by atoms with Crippen LogP contribution in [0.25, 0.3) is 0 Å². The van der Waals surface area contributed by atoms with Crippen LogP contribution in [0.1, 0.15) is 36.7 Å². The van der Waals surface area contributed by atoms with Gasteiger partial charge in [0.25, 0.3) is 0 Å². The summed E-state index contributed by atoms with van der Waals surface area (Å²) >= 11 is 0. The maximum Gasteiger partial charge on any atom is 0.314 e. The Bertz CT molecular complexity index is 636. The zero-order valence-electron chi connectivity index (χ0n) is 13.7. The highest BCUT2D eigenvalue weighted by molar-refractivity contribution is 5.73. The number of aliphatic hydroxyl groups is 1. The molecular weight excluding hydrogens is 304 g/mol. The van der Waals surface area contributed by atoms with Crippen molar-refractivity contribution in [1.29, 1.82) is 0 Å². The fourth-order valence-electron chi connectivity index (χ4n) is 3.22. The first kappa shape index (κ1) is 16.6. The normalized spacial score (nSPS) is 16.9. The Kier molecular flexibility index (Phi) is 5.20. The highest BCUT2D eigenvalue weighted by Gasteiger charge is 2.37. The third-order valence-corrected chi connectivity index (χ3v) is 4.79. The summed E-state index contributed by atoms with van der Waals surface area (Å²) in [5, 5.41) is 15.6. The number of carbonyl (C=O) groups excluding carboxylic acids is 1. The van der Waals surface area contributed by atoms with Crippen molar-refractivity contribution in [2.75, 3.05) is 13.1 Å². The van der Waals surface area contributed by atoms with Crippen molar-refractivity contribution in [3.8, 4) is 0 Å². The maximum absolute atomic E-state index is 12.0. The lowest BCUT2D eigenvalue weighted by Gasteiger charge is -2.42. The molecule has 1 unspecified atom stereocenters. The molecule has 1 aromatic carbocycles. The third kappa shape index (κ3) is 4.17. The molecule has 128 valence electrons. The van der Waals surface area contributed by atoms with Gasteiger partial charge in [-0.15, -0.1) is 0 Å². The number of benzene rings is 1. The number of amides is 2. The predicted molar refractivity (Wildman–Crippen MR) is 91.5 cm³/mol. The van der Waals surface area contributed by atoms with Crippen LogP contribution in [0.15, 0.2) is 53.1 Å². The van der Waals surface area contributed by atoms with Gasteiger partial charge in [0.05, 0.1) is 12.8 Å². The van der Waals surface area contributed by atoms with E-state index in [9.17, 15) is 9.90 Å². The molecule has 0 radical (unpaired) electrons. The zero-order valence-corrected chi connectivity index (χ0v) is 13.7. The van der Waals surface area contributed by atoms with E-state index in [0.29, 0.717) is 12.3 Å². The molecule has 1 aliphatic carbocycles. The van der Waals surface area contributed by atoms with Gasteiger partial charge >= 0.3 is 6.03 Å². The van der Waals surface area contributed by atoms with Crippen molar-refractivity contribution in [2.45, 2.75) is 31.8 Å². The molecule has 0 saturated heterocycles. The Balaban J connectivity index is 1.44. The van der Waals surface area contributed by atoms with Gasteiger partial charge in [-0.1, -0.05) is 36.8 Å². The van der Waals surface area contributed by atoms with Crippen molar-refractivity contribution in [3.05, 3.63) is 60.1 Å². The molecule has 1 heterocycles. The van der Waals surface area contributed by atoms with Crippen LogP contribution in [0.5, 0.6) is 0 Å². The predicted octanol–water partition coefficient (Wildman–Crippen LogP) is 3.03. The van der Waals surface area contributed by atoms with Crippen molar-refractivity contribution in [3.63, 3.8) is 0 Å². The lowest BCUT2D eigenvalue weighted by Crippen LogP contribution is -2.47. The quantitative estimate of drug-likeness (QED) is 0.731. The molecule has 5 nitrogen and oxygen atoms in total. The Labute approximate surface area is 142 Å². The van der Waals surface area contributed by atoms with Crippen molar-refractivity contribution in [2.24, 2.45) is 5.41 Å². The summed E-state index contributed by atoms with van der Waals surface area (Å²) in [6.45, 7) is 0.787. The molecular formula is C19H24N2O3. The van der Waals surface area contributed by atoms with Crippen LogP contribution in [0.4, 0.5) is 4.79 Å². The van der Waals surface area contributed by atoms with Crippen molar-refractivity contribution in [1.82, 2.24) is 10.6 Å². The fraction of sp³-hybridized carbons (Fsp3) is 0.421. The van der Waals surface area contributed by atoms with Gasteiger partial charge in [-0.05, 0) is 42.4 Å². The first-order valence-corrected chi connectivity index (χ1v) is 8.44. The van der Waals surface area contributed by atoms with Crippen LogP contribution >= 0.6 is 0 Å². The topological polar surface area (TPSA) is 74.5 Å². The van der Waals surface area contributed by atoms with Gasteiger partial charge in [0, 0.05) is 6.54 Å². The maximum atomic E-state index is 12.0. The van der Waals surface area contributed by atoms with E-state index in [4.69, 9.17) is 4.42 Å². The van der Waals surface area contributed by atoms with Crippen molar-refractivity contribution >= 4 is 6.03 Å². The summed E-state index contributed by atoms with van der Waals surface area (Å²) in [6.07, 6.45) is 5.15. The first-order valence-electron chi connectivity index (χ1n) is 8.44. The SMILES string of the molecule is O=C(NCC(O)c1ccco1)NCC1(Cc2ccccc2)CCC1. The molecule has 0 bridgehead atoms. The Morgan fingerprint density at radius 1 is 1.17 bits per heavy atom. The molecule has 1 fully saturated rings. The molecule has 1 aliphatic rings. The second kappa shape index (κ2) is 7.53. The third-order valence-electron chi connectivity index (χ3n) is 4.79. The van der Waals surface area contributed by atoms with E-state index in [1.807, 2.05) is 6.07 Å². The highest BCUT2D eigenvalue weighted by atomic mass is 16.4. The first-order chi connectivity index (χ1) is 11.7. The van der Waals surface area contributed by atoms with Gasteiger partial charge in [-0.2, -0.15) is 0 Å². The summed E-state index contributed by atoms with van der Waals surface area (Å²) in [6, 6.07) is 13.6. The molecule has 1 aromatic heterocycles. The monoisotopic (exact) mass is 328 g/mol. The van der Waals surface area contributed by atoms with Crippen LogP contribution in [-0.2, 0) is 6.42 Å². The number of hydrogen-bond acceptors (Lipinski definition) is 3. The number of furan rings is 1. The fourth-order valence-corrected chi connectivity index (χ4v) is 3.22. The minimum atomic E-state index is -0.826. The van der Waals surface area contributed by atoms with E-state index in [1.54, 1.807) is 12.1 Å². The van der Waals surface area contributed by atoms with E-state index in [-0.39, 0.29) is 18.0 Å². The Hall–Kier alpha value is -2.27. The number of hydrogen-bond donors (Lipinski definition) is 3.